The van der Waals surface area contributed by atoms with E-state index >= 15 is 0 Å². The van der Waals surface area contributed by atoms with E-state index in [9.17, 15) is 18.5 Å². The first-order valence-corrected chi connectivity index (χ1v) is 13.6. The topological polar surface area (TPSA) is 138 Å². The van der Waals surface area contributed by atoms with Crippen LogP contribution in [0.3, 0.4) is 0 Å². The molecule has 1 amide bonds. The molecule has 2 aromatic heterocycles. The van der Waals surface area contributed by atoms with Crippen molar-refractivity contribution in [3.05, 3.63) is 52.7 Å². The number of anilines is 2. The molecule has 0 bridgehead atoms. The number of nitriles is 1. The highest BCUT2D eigenvalue weighted by molar-refractivity contribution is 8.00. The number of hydrogen-bond donors (Lipinski definition) is 2. The zero-order valence-electron chi connectivity index (χ0n) is 19.1. The highest BCUT2D eigenvalue weighted by Crippen LogP contribution is 2.29. The molecular weight excluding hydrogens is 492 g/mol. The van der Waals surface area contributed by atoms with Crippen LogP contribution in [0, 0.1) is 18.3 Å². The summed E-state index contributed by atoms with van der Waals surface area (Å²) >= 11 is 2.38. The van der Waals surface area contributed by atoms with Gasteiger partial charge in [-0.25, -0.2) is 13.4 Å². The lowest BCUT2D eigenvalue weighted by atomic mass is 10.1. The van der Waals surface area contributed by atoms with Gasteiger partial charge in [-0.3, -0.25) is 9.52 Å². The standard InChI is InChI=1S/C22H24N6O3S3/c1-5-19(33-21-15(12-23)6-11-18(25-21)13(2)3)20(29)24-16-7-9-17(10-8-16)34(30,31)28-22-27-26-14(4)32-22/h6-11,13,19H,5H2,1-4H3,(H,24,29)(H,27,28). The Balaban J connectivity index is 1.71. The molecule has 0 saturated carbocycles. The number of sulfonamides is 1. The quantitative estimate of drug-likeness (QED) is 0.395. The summed E-state index contributed by atoms with van der Waals surface area (Å²) in [4.78, 5) is 17.5. The lowest BCUT2D eigenvalue weighted by Crippen LogP contribution is -2.25. The SMILES string of the molecule is CCC(Sc1nc(C(C)C)ccc1C#N)C(=O)Nc1ccc(S(=O)(=O)Nc2nnc(C)s2)cc1. The lowest BCUT2D eigenvalue weighted by molar-refractivity contribution is -0.115. The molecule has 1 unspecified atom stereocenters. The number of amides is 1. The zero-order valence-corrected chi connectivity index (χ0v) is 21.5. The van der Waals surface area contributed by atoms with Crippen LogP contribution in [0.15, 0.2) is 46.3 Å². The molecule has 3 aromatic rings. The number of pyridine rings is 1. The van der Waals surface area contributed by atoms with E-state index in [0.29, 0.717) is 27.7 Å². The number of thioether (sulfide) groups is 1. The molecule has 0 spiro atoms. The monoisotopic (exact) mass is 516 g/mol. The Morgan fingerprint density at radius 3 is 2.44 bits per heavy atom. The maximum atomic E-state index is 12.9. The number of aromatic nitrogens is 3. The fourth-order valence-electron chi connectivity index (χ4n) is 2.86. The van der Waals surface area contributed by atoms with Crippen LogP contribution in [-0.2, 0) is 14.8 Å². The molecule has 178 valence electrons. The number of rotatable bonds is 9. The molecule has 0 aliphatic rings. The Labute approximate surface area is 207 Å². The van der Waals surface area contributed by atoms with Crippen molar-refractivity contribution >= 4 is 49.8 Å². The highest BCUT2D eigenvalue weighted by Gasteiger charge is 2.22. The summed E-state index contributed by atoms with van der Waals surface area (Å²) in [5, 5.41) is 20.7. The predicted octanol–water partition coefficient (Wildman–Crippen LogP) is 4.55. The minimum Gasteiger partial charge on any atom is -0.325 e. The average Bonchev–Trinajstić information content (AvgIpc) is 3.21. The van der Waals surface area contributed by atoms with Gasteiger partial charge >= 0.3 is 0 Å². The average molecular weight is 517 g/mol. The van der Waals surface area contributed by atoms with Crippen molar-refractivity contribution in [2.24, 2.45) is 0 Å². The Bertz CT molecular complexity index is 1310. The zero-order chi connectivity index (χ0) is 24.9. The first-order chi connectivity index (χ1) is 16.1. The Morgan fingerprint density at radius 2 is 1.88 bits per heavy atom. The van der Waals surface area contributed by atoms with E-state index in [0.717, 1.165) is 17.0 Å². The summed E-state index contributed by atoms with van der Waals surface area (Å²) in [5.74, 6) is -0.0626. The second-order valence-electron chi connectivity index (χ2n) is 7.62. The third-order valence-corrected chi connectivity index (χ3v) is 8.30. The summed E-state index contributed by atoms with van der Waals surface area (Å²) in [6.45, 7) is 7.64. The molecule has 9 nitrogen and oxygen atoms in total. The van der Waals surface area contributed by atoms with E-state index in [1.165, 1.54) is 36.0 Å². The molecule has 2 N–H and O–H groups in total. The van der Waals surface area contributed by atoms with Gasteiger partial charge in [0.25, 0.3) is 10.0 Å². The molecule has 3 rings (SSSR count). The van der Waals surface area contributed by atoms with Gasteiger partial charge in [-0.2, -0.15) is 5.26 Å². The van der Waals surface area contributed by atoms with E-state index in [2.05, 4.69) is 31.3 Å². The molecule has 0 fully saturated rings. The van der Waals surface area contributed by atoms with Crippen molar-refractivity contribution < 1.29 is 13.2 Å². The van der Waals surface area contributed by atoms with Crippen molar-refractivity contribution in [3.8, 4) is 6.07 Å². The number of nitrogens with one attached hydrogen (secondary N) is 2. The first-order valence-electron chi connectivity index (χ1n) is 10.4. The Kier molecular flexibility index (Phi) is 8.24. The van der Waals surface area contributed by atoms with Crippen LogP contribution in [0.4, 0.5) is 10.8 Å². The van der Waals surface area contributed by atoms with Gasteiger partial charge in [0.1, 0.15) is 16.1 Å². The molecular formula is C22H24N6O3S3. The van der Waals surface area contributed by atoms with Crippen molar-refractivity contribution in [1.29, 1.82) is 5.26 Å². The van der Waals surface area contributed by atoms with Gasteiger partial charge in [-0.05, 0) is 55.7 Å². The molecule has 34 heavy (non-hydrogen) atoms. The van der Waals surface area contributed by atoms with Gasteiger partial charge in [0, 0.05) is 11.4 Å². The minimum absolute atomic E-state index is 0.0353. The van der Waals surface area contributed by atoms with Crippen molar-refractivity contribution in [2.45, 2.75) is 55.2 Å². The predicted molar refractivity (Wildman–Crippen MR) is 134 cm³/mol. The molecule has 0 saturated heterocycles. The summed E-state index contributed by atoms with van der Waals surface area (Å²) in [7, 11) is -3.82. The Hall–Kier alpha value is -3.01. The van der Waals surface area contributed by atoms with Crippen LogP contribution in [0.2, 0.25) is 0 Å². The second kappa shape index (κ2) is 10.9. The van der Waals surface area contributed by atoms with E-state index in [-0.39, 0.29) is 21.9 Å². The number of benzene rings is 1. The van der Waals surface area contributed by atoms with Gasteiger partial charge in [0.05, 0.1) is 15.7 Å². The van der Waals surface area contributed by atoms with Crippen molar-refractivity contribution in [2.75, 3.05) is 10.0 Å². The van der Waals surface area contributed by atoms with Gasteiger partial charge < -0.3 is 5.32 Å². The molecule has 12 heteroatoms. The number of carbonyl (C=O) groups is 1. The van der Waals surface area contributed by atoms with Crippen LogP contribution in [0.25, 0.3) is 0 Å². The van der Waals surface area contributed by atoms with Crippen molar-refractivity contribution in [3.63, 3.8) is 0 Å². The number of aryl methyl sites for hydroxylation is 1. The van der Waals surface area contributed by atoms with Gasteiger partial charge in [0.15, 0.2) is 0 Å². The van der Waals surface area contributed by atoms with Gasteiger partial charge in [-0.1, -0.05) is 43.9 Å². The maximum Gasteiger partial charge on any atom is 0.263 e. The lowest BCUT2D eigenvalue weighted by Gasteiger charge is -2.16. The maximum absolute atomic E-state index is 12.9. The summed E-state index contributed by atoms with van der Waals surface area (Å²) < 4.78 is 27.5. The van der Waals surface area contributed by atoms with E-state index < -0.39 is 15.3 Å². The summed E-state index contributed by atoms with van der Waals surface area (Å²) in [6, 6.07) is 11.5. The third-order valence-electron chi connectivity index (χ3n) is 4.69. The van der Waals surface area contributed by atoms with Crippen LogP contribution < -0.4 is 10.0 Å². The molecule has 0 aliphatic heterocycles. The first kappa shape index (κ1) is 25.6. The number of hydrogen-bond acceptors (Lipinski definition) is 9. The van der Waals surface area contributed by atoms with Crippen LogP contribution in [0.1, 0.15) is 49.4 Å². The molecule has 1 aromatic carbocycles. The van der Waals surface area contributed by atoms with Crippen LogP contribution in [0.5, 0.6) is 0 Å². The van der Waals surface area contributed by atoms with Crippen LogP contribution in [-0.4, -0.2) is 34.8 Å². The fourth-order valence-corrected chi connectivity index (χ4v) is 5.68. The normalized spacial score (nSPS) is 12.2. The third kappa shape index (κ3) is 6.31. The fraction of sp³-hybridized carbons (Fsp3) is 0.318. The van der Waals surface area contributed by atoms with E-state index in [1.54, 1.807) is 13.0 Å². The van der Waals surface area contributed by atoms with Crippen LogP contribution >= 0.6 is 23.1 Å². The summed E-state index contributed by atoms with van der Waals surface area (Å²) in [5.41, 5.74) is 1.73. The molecule has 2 heterocycles. The largest absolute Gasteiger partial charge is 0.325 e. The molecule has 0 radical (unpaired) electrons. The summed E-state index contributed by atoms with van der Waals surface area (Å²) in [6.07, 6.45) is 0.520. The van der Waals surface area contributed by atoms with Crippen molar-refractivity contribution in [1.82, 2.24) is 15.2 Å². The van der Waals surface area contributed by atoms with E-state index in [1.807, 2.05) is 26.8 Å². The number of carbonyl (C=O) groups excluding carboxylic acids is 1. The molecule has 0 aliphatic carbocycles. The minimum atomic E-state index is -3.82. The second-order valence-corrected chi connectivity index (χ2v) is 11.7. The molecule has 1 atom stereocenters. The Morgan fingerprint density at radius 1 is 1.18 bits per heavy atom. The van der Waals surface area contributed by atoms with Gasteiger partial charge in [0.2, 0.25) is 11.0 Å². The van der Waals surface area contributed by atoms with Gasteiger partial charge in [-0.15, -0.1) is 10.2 Å². The number of nitrogens with zero attached hydrogens (tertiary/aromatic N) is 4. The van der Waals surface area contributed by atoms with E-state index in [4.69, 9.17) is 0 Å². The highest BCUT2D eigenvalue weighted by atomic mass is 32.2. The smallest absolute Gasteiger partial charge is 0.263 e.